The van der Waals surface area contributed by atoms with Gasteiger partial charge >= 0.3 is 13.8 Å². The van der Waals surface area contributed by atoms with Crippen molar-refractivity contribution in [3.63, 3.8) is 0 Å². The van der Waals surface area contributed by atoms with Gasteiger partial charge in [-0.1, -0.05) is 0 Å². The molecule has 0 bridgehead atoms. The molecule has 0 amide bonds. The van der Waals surface area contributed by atoms with Crippen LogP contribution in [0.15, 0.2) is 24.3 Å². The van der Waals surface area contributed by atoms with Gasteiger partial charge in [-0.15, -0.1) is 0 Å². The average molecular weight is 448 g/mol. The highest BCUT2D eigenvalue weighted by atomic mass is 16.8. The molecule has 174 valence electrons. The molecule has 1 aromatic rings. The minimum absolute atomic E-state index is 0.0202. The molecular formula is C20H30B2N2O8. The van der Waals surface area contributed by atoms with Crippen LogP contribution in [-0.4, -0.2) is 114 Å². The summed E-state index contributed by atoms with van der Waals surface area (Å²) in [5.41, 5.74) is 0. The van der Waals surface area contributed by atoms with Gasteiger partial charge in [0.15, 0.2) is 0 Å². The van der Waals surface area contributed by atoms with E-state index in [-0.39, 0.29) is 12.2 Å². The zero-order chi connectivity index (χ0) is 21.3. The molecule has 2 unspecified atom stereocenters. The smallest absolute Gasteiger partial charge is 0.491 e. The predicted molar refractivity (Wildman–Crippen MR) is 112 cm³/mol. The van der Waals surface area contributed by atoms with Gasteiger partial charge in [-0.25, -0.2) is 0 Å². The van der Waals surface area contributed by atoms with E-state index in [4.69, 9.17) is 37.4 Å². The Morgan fingerprint density at radius 2 is 1.03 bits per heavy atom. The van der Waals surface area contributed by atoms with Crippen LogP contribution < -0.4 is 9.47 Å². The van der Waals surface area contributed by atoms with Crippen molar-refractivity contribution in [3.05, 3.63) is 24.3 Å². The molecule has 6 aliphatic rings. The number of hydrogen-bond donors (Lipinski definition) is 0. The number of nitrogens with zero attached hydrogens (tertiary/aromatic N) is 2. The van der Waals surface area contributed by atoms with E-state index in [2.05, 4.69) is 0 Å². The molecule has 0 aliphatic carbocycles. The lowest BCUT2D eigenvalue weighted by Gasteiger charge is -2.37. The van der Waals surface area contributed by atoms with Gasteiger partial charge in [-0.05, 0) is 24.3 Å². The summed E-state index contributed by atoms with van der Waals surface area (Å²) in [6.45, 7) is 6.20. The molecule has 6 fully saturated rings. The van der Waals surface area contributed by atoms with Crippen molar-refractivity contribution < 1.29 is 46.2 Å². The van der Waals surface area contributed by atoms with E-state index in [1.165, 1.54) is 0 Å². The molecule has 6 aliphatic heterocycles. The number of quaternary nitrogens is 2. The van der Waals surface area contributed by atoms with Crippen LogP contribution in [0, 0.1) is 0 Å². The van der Waals surface area contributed by atoms with Crippen molar-refractivity contribution in [2.45, 2.75) is 12.2 Å². The highest BCUT2D eigenvalue weighted by Gasteiger charge is 2.67. The van der Waals surface area contributed by atoms with Crippen molar-refractivity contribution in [2.75, 3.05) is 78.9 Å². The van der Waals surface area contributed by atoms with Crippen molar-refractivity contribution in [3.8, 4) is 11.5 Å². The lowest BCUT2D eigenvalue weighted by molar-refractivity contribution is -0.816. The number of hydrogen-bond acceptors (Lipinski definition) is 8. The molecule has 12 heteroatoms. The lowest BCUT2D eigenvalue weighted by atomic mass is 9.94. The quantitative estimate of drug-likeness (QED) is 0.558. The molecule has 0 saturated carbocycles. The van der Waals surface area contributed by atoms with Crippen LogP contribution >= 0.6 is 0 Å². The van der Waals surface area contributed by atoms with E-state index in [0.717, 1.165) is 59.6 Å². The van der Waals surface area contributed by atoms with Crippen molar-refractivity contribution in [1.29, 1.82) is 0 Å². The molecule has 32 heavy (non-hydrogen) atoms. The molecule has 0 aromatic heterocycles. The average Bonchev–Trinajstić information content (AvgIpc) is 3.52. The highest BCUT2D eigenvalue weighted by Crippen LogP contribution is 2.42. The van der Waals surface area contributed by atoms with Crippen molar-refractivity contribution in [2.24, 2.45) is 0 Å². The van der Waals surface area contributed by atoms with E-state index in [9.17, 15) is 0 Å². The first-order valence-electron chi connectivity index (χ1n) is 11.9. The predicted octanol–water partition coefficient (Wildman–Crippen LogP) is -0.133. The third kappa shape index (κ3) is 2.78. The fourth-order valence-electron chi connectivity index (χ4n) is 6.74. The van der Waals surface area contributed by atoms with Gasteiger partial charge in [-0.2, -0.15) is 0 Å². The fraction of sp³-hybridized carbons (Fsp3) is 0.700. The molecule has 0 N–H and O–H groups in total. The maximum atomic E-state index is 6.20. The summed E-state index contributed by atoms with van der Waals surface area (Å²) in [7, 11) is 0. The summed E-state index contributed by atoms with van der Waals surface area (Å²) in [5, 5.41) is 0. The first kappa shape index (κ1) is 20.0. The normalized spacial score (nSPS) is 46.1. The fourth-order valence-corrected chi connectivity index (χ4v) is 6.74. The number of rotatable bonds is 6. The van der Waals surface area contributed by atoms with Gasteiger partial charge in [0, 0.05) is 0 Å². The molecule has 7 rings (SSSR count). The van der Waals surface area contributed by atoms with Gasteiger partial charge < -0.3 is 46.2 Å². The SMILES string of the molecule is c1cc(OCC2C[N+]34CCO[B-]3(OCC4)O2)ccc1OCC1C[N+]23CCO[B-]2(OCC3)O1. The Bertz CT molecular complexity index is 758. The topological polar surface area (TPSA) is 73.8 Å². The molecular weight excluding hydrogens is 418 g/mol. The zero-order valence-corrected chi connectivity index (χ0v) is 18.3. The lowest BCUT2D eigenvalue weighted by Crippen LogP contribution is -2.59. The minimum Gasteiger partial charge on any atom is -0.491 e. The molecule has 0 spiro atoms. The number of ether oxygens (including phenoxy) is 2. The molecule has 0 radical (unpaired) electrons. The van der Waals surface area contributed by atoms with Crippen LogP contribution in [-0.2, 0) is 27.9 Å². The molecule has 6 saturated heterocycles. The Labute approximate surface area is 187 Å². The summed E-state index contributed by atoms with van der Waals surface area (Å²) in [4.78, 5) is 0. The van der Waals surface area contributed by atoms with E-state index in [0.29, 0.717) is 39.6 Å². The first-order valence-corrected chi connectivity index (χ1v) is 11.9. The third-order valence-corrected chi connectivity index (χ3v) is 8.36. The van der Waals surface area contributed by atoms with Crippen LogP contribution in [0.4, 0.5) is 0 Å². The number of benzene rings is 1. The Hall–Kier alpha value is -1.37. The largest absolute Gasteiger partial charge is 0.625 e. The van der Waals surface area contributed by atoms with Gasteiger partial charge in [0.1, 0.15) is 36.9 Å². The Kier molecular flexibility index (Phi) is 4.43. The second-order valence-electron chi connectivity index (χ2n) is 10.00. The van der Waals surface area contributed by atoms with E-state index < -0.39 is 13.8 Å². The molecule has 1 aromatic carbocycles. The van der Waals surface area contributed by atoms with Crippen LogP contribution in [0.25, 0.3) is 0 Å². The first-order chi connectivity index (χ1) is 15.6. The summed E-state index contributed by atoms with van der Waals surface area (Å²) in [6.07, 6.45) is -0.0405. The van der Waals surface area contributed by atoms with E-state index >= 15 is 0 Å². The molecule has 6 heterocycles. The van der Waals surface area contributed by atoms with Crippen LogP contribution in [0.1, 0.15) is 0 Å². The van der Waals surface area contributed by atoms with Gasteiger partial charge in [0.25, 0.3) is 0 Å². The zero-order valence-electron chi connectivity index (χ0n) is 18.3. The summed E-state index contributed by atoms with van der Waals surface area (Å²) in [6, 6.07) is 7.71. The van der Waals surface area contributed by atoms with Crippen LogP contribution in [0.2, 0.25) is 0 Å². The van der Waals surface area contributed by atoms with Crippen LogP contribution in [0.3, 0.4) is 0 Å². The summed E-state index contributed by atoms with van der Waals surface area (Å²) < 4.78 is 49.5. The summed E-state index contributed by atoms with van der Waals surface area (Å²) >= 11 is 0. The van der Waals surface area contributed by atoms with E-state index in [1.807, 2.05) is 24.3 Å². The van der Waals surface area contributed by atoms with Crippen LogP contribution in [0.5, 0.6) is 11.5 Å². The van der Waals surface area contributed by atoms with Gasteiger partial charge in [0.05, 0.1) is 65.7 Å². The third-order valence-electron chi connectivity index (χ3n) is 8.36. The monoisotopic (exact) mass is 448 g/mol. The second kappa shape index (κ2) is 7.07. The Morgan fingerprint density at radius 3 is 1.38 bits per heavy atom. The second-order valence-corrected chi connectivity index (χ2v) is 10.00. The van der Waals surface area contributed by atoms with Gasteiger partial charge in [0.2, 0.25) is 0 Å². The molecule has 10 nitrogen and oxygen atoms in total. The highest BCUT2D eigenvalue weighted by molar-refractivity contribution is 6.54. The molecule has 2 atom stereocenters. The maximum Gasteiger partial charge on any atom is 0.625 e. The summed E-state index contributed by atoms with van der Waals surface area (Å²) in [5.74, 6) is 1.58. The van der Waals surface area contributed by atoms with Crippen molar-refractivity contribution >= 4 is 13.8 Å². The van der Waals surface area contributed by atoms with Gasteiger partial charge in [-0.3, -0.25) is 0 Å². The Balaban J connectivity index is 0.913. The Morgan fingerprint density at radius 1 is 0.656 bits per heavy atom. The standard InChI is InChI=1S/C20H30B2N2O8/c1-2-18(26-16-20-14-24-7-11-29-22(24,32-20)30-12-8-24)4-3-17(1)25-15-19-13-23-5-9-27-21(23,31-19)28-10-6-23/h1-4,19-20H,5-16H2. The maximum absolute atomic E-state index is 6.20. The van der Waals surface area contributed by atoms with E-state index in [1.54, 1.807) is 0 Å². The van der Waals surface area contributed by atoms with Crippen molar-refractivity contribution in [1.82, 2.24) is 0 Å². The minimum atomic E-state index is -1.63.